The maximum absolute atomic E-state index is 13.6. The second-order valence-electron chi connectivity index (χ2n) is 4.57. The number of hydrogen-bond acceptors (Lipinski definition) is 4. The number of halogens is 1. The summed E-state index contributed by atoms with van der Waals surface area (Å²) in [5, 5.41) is 12.9. The third-order valence-corrected chi connectivity index (χ3v) is 3.06. The highest BCUT2D eigenvalue weighted by molar-refractivity contribution is 5.66. The van der Waals surface area contributed by atoms with Gasteiger partial charge in [-0.05, 0) is 25.1 Å². The SMILES string of the molecule is Cc1cccc(-c2noc(-c3cccc(F)c3C#N)n2)c1. The Hall–Kier alpha value is -3.00. The molecule has 0 radical (unpaired) electrons. The first-order chi connectivity index (χ1) is 10.2. The average molecular weight is 279 g/mol. The van der Waals surface area contributed by atoms with Crippen molar-refractivity contribution in [3.63, 3.8) is 0 Å². The summed E-state index contributed by atoms with van der Waals surface area (Å²) in [4.78, 5) is 4.25. The van der Waals surface area contributed by atoms with E-state index in [0.29, 0.717) is 11.4 Å². The van der Waals surface area contributed by atoms with E-state index in [1.807, 2.05) is 37.3 Å². The monoisotopic (exact) mass is 279 g/mol. The summed E-state index contributed by atoms with van der Waals surface area (Å²) in [6.07, 6.45) is 0. The maximum Gasteiger partial charge on any atom is 0.259 e. The Morgan fingerprint density at radius 3 is 2.76 bits per heavy atom. The molecular formula is C16H10FN3O. The molecule has 4 nitrogen and oxygen atoms in total. The van der Waals surface area contributed by atoms with Crippen LogP contribution in [0.3, 0.4) is 0 Å². The Morgan fingerprint density at radius 2 is 2.00 bits per heavy atom. The highest BCUT2D eigenvalue weighted by Crippen LogP contribution is 2.26. The van der Waals surface area contributed by atoms with Gasteiger partial charge in [0.05, 0.1) is 5.56 Å². The number of benzene rings is 2. The van der Waals surface area contributed by atoms with E-state index in [0.717, 1.165) is 11.1 Å². The lowest BCUT2D eigenvalue weighted by Crippen LogP contribution is -1.89. The van der Waals surface area contributed by atoms with Crippen LogP contribution in [0.2, 0.25) is 0 Å². The summed E-state index contributed by atoms with van der Waals surface area (Å²) in [6.45, 7) is 1.96. The van der Waals surface area contributed by atoms with Crippen LogP contribution >= 0.6 is 0 Å². The first-order valence-corrected chi connectivity index (χ1v) is 6.29. The molecule has 5 heteroatoms. The second-order valence-corrected chi connectivity index (χ2v) is 4.57. The van der Waals surface area contributed by atoms with E-state index in [4.69, 9.17) is 9.78 Å². The van der Waals surface area contributed by atoms with Crippen molar-refractivity contribution < 1.29 is 8.91 Å². The van der Waals surface area contributed by atoms with Gasteiger partial charge in [-0.2, -0.15) is 10.2 Å². The number of rotatable bonds is 2. The lowest BCUT2D eigenvalue weighted by molar-refractivity contribution is 0.432. The fourth-order valence-corrected chi connectivity index (χ4v) is 2.05. The Kier molecular flexibility index (Phi) is 3.20. The van der Waals surface area contributed by atoms with Crippen LogP contribution in [0.15, 0.2) is 47.0 Å². The van der Waals surface area contributed by atoms with Crippen LogP contribution in [-0.2, 0) is 0 Å². The molecule has 0 atom stereocenters. The van der Waals surface area contributed by atoms with Crippen molar-refractivity contribution >= 4 is 0 Å². The van der Waals surface area contributed by atoms with Crippen molar-refractivity contribution in [3.05, 3.63) is 59.4 Å². The maximum atomic E-state index is 13.6. The van der Waals surface area contributed by atoms with Crippen molar-refractivity contribution in [1.82, 2.24) is 10.1 Å². The van der Waals surface area contributed by atoms with Gasteiger partial charge in [-0.15, -0.1) is 0 Å². The highest BCUT2D eigenvalue weighted by Gasteiger charge is 2.16. The van der Waals surface area contributed by atoms with Gasteiger partial charge >= 0.3 is 0 Å². The molecule has 0 aliphatic heterocycles. The fraction of sp³-hybridized carbons (Fsp3) is 0.0625. The molecule has 3 aromatic rings. The van der Waals surface area contributed by atoms with E-state index in [1.54, 1.807) is 6.07 Å². The van der Waals surface area contributed by atoms with Gasteiger partial charge in [-0.25, -0.2) is 4.39 Å². The molecule has 0 saturated carbocycles. The molecule has 3 rings (SSSR count). The van der Waals surface area contributed by atoms with Crippen LogP contribution in [0, 0.1) is 24.1 Å². The molecule has 0 spiro atoms. The number of aromatic nitrogens is 2. The van der Waals surface area contributed by atoms with Gasteiger partial charge in [0.1, 0.15) is 17.4 Å². The molecule has 0 fully saturated rings. The van der Waals surface area contributed by atoms with E-state index in [9.17, 15) is 4.39 Å². The Labute approximate surface area is 120 Å². The summed E-state index contributed by atoms with van der Waals surface area (Å²) in [5.74, 6) is -0.0743. The molecule has 1 heterocycles. The lowest BCUT2D eigenvalue weighted by Gasteiger charge is -1.98. The molecule has 0 bridgehead atoms. The quantitative estimate of drug-likeness (QED) is 0.717. The molecule has 0 aliphatic carbocycles. The van der Waals surface area contributed by atoms with Crippen molar-refractivity contribution in [1.29, 1.82) is 5.26 Å². The summed E-state index contributed by atoms with van der Waals surface area (Å²) in [5.41, 5.74) is 2.07. The molecule has 0 aliphatic rings. The predicted octanol–water partition coefficient (Wildman–Crippen LogP) is 3.72. The number of nitrogens with zero attached hydrogens (tertiary/aromatic N) is 3. The first kappa shape index (κ1) is 13.0. The van der Waals surface area contributed by atoms with Crippen LogP contribution in [0.4, 0.5) is 4.39 Å². The average Bonchev–Trinajstić information content (AvgIpc) is 2.96. The molecule has 0 N–H and O–H groups in total. The van der Waals surface area contributed by atoms with Crippen molar-refractivity contribution in [2.24, 2.45) is 0 Å². The fourth-order valence-electron chi connectivity index (χ4n) is 2.05. The predicted molar refractivity (Wildman–Crippen MR) is 74.6 cm³/mol. The van der Waals surface area contributed by atoms with Crippen LogP contribution in [0.1, 0.15) is 11.1 Å². The van der Waals surface area contributed by atoms with Gasteiger partial charge < -0.3 is 4.52 Å². The van der Waals surface area contributed by atoms with E-state index in [2.05, 4.69) is 10.1 Å². The minimum absolute atomic E-state index is 0.100. The van der Waals surface area contributed by atoms with Crippen LogP contribution in [-0.4, -0.2) is 10.1 Å². The summed E-state index contributed by atoms with van der Waals surface area (Å²) >= 11 is 0. The minimum Gasteiger partial charge on any atom is -0.334 e. The zero-order valence-corrected chi connectivity index (χ0v) is 11.2. The van der Waals surface area contributed by atoms with Gasteiger partial charge in [-0.1, -0.05) is 35.0 Å². The van der Waals surface area contributed by atoms with Gasteiger partial charge in [0.15, 0.2) is 0 Å². The third-order valence-electron chi connectivity index (χ3n) is 3.06. The Bertz CT molecular complexity index is 849. The first-order valence-electron chi connectivity index (χ1n) is 6.29. The number of hydrogen-bond donors (Lipinski definition) is 0. The highest BCUT2D eigenvalue weighted by atomic mass is 19.1. The van der Waals surface area contributed by atoms with E-state index in [1.165, 1.54) is 12.1 Å². The van der Waals surface area contributed by atoms with E-state index >= 15 is 0 Å². The minimum atomic E-state index is -0.606. The largest absolute Gasteiger partial charge is 0.334 e. The lowest BCUT2D eigenvalue weighted by atomic mass is 10.1. The van der Waals surface area contributed by atoms with Crippen LogP contribution in [0.5, 0.6) is 0 Å². The topological polar surface area (TPSA) is 62.7 Å². The van der Waals surface area contributed by atoms with Gasteiger partial charge in [-0.3, -0.25) is 0 Å². The summed E-state index contributed by atoms with van der Waals surface area (Å²) in [7, 11) is 0. The smallest absolute Gasteiger partial charge is 0.259 e. The summed E-state index contributed by atoms with van der Waals surface area (Å²) in [6, 6.07) is 13.8. The third kappa shape index (κ3) is 2.39. The van der Waals surface area contributed by atoms with Crippen molar-refractivity contribution in [2.75, 3.05) is 0 Å². The Morgan fingerprint density at radius 1 is 1.19 bits per heavy atom. The molecule has 2 aromatic carbocycles. The molecular weight excluding hydrogens is 269 g/mol. The van der Waals surface area contributed by atoms with Crippen molar-refractivity contribution in [3.8, 4) is 28.9 Å². The molecule has 21 heavy (non-hydrogen) atoms. The zero-order chi connectivity index (χ0) is 14.8. The molecule has 0 unspecified atom stereocenters. The van der Waals surface area contributed by atoms with E-state index in [-0.39, 0.29) is 11.5 Å². The van der Waals surface area contributed by atoms with Crippen molar-refractivity contribution in [2.45, 2.75) is 6.92 Å². The van der Waals surface area contributed by atoms with Gasteiger partial charge in [0.2, 0.25) is 5.82 Å². The molecule has 0 saturated heterocycles. The molecule has 0 amide bonds. The van der Waals surface area contributed by atoms with Crippen LogP contribution < -0.4 is 0 Å². The second kappa shape index (κ2) is 5.17. The zero-order valence-electron chi connectivity index (χ0n) is 11.2. The van der Waals surface area contributed by atoms with Gasteiger partial charge in [0.25, 0.3) is 5.89 Å². The van der Waals surface area contributed by atoms with Gasteiger partial charge in [0, 0.05) is 5.56 Å². The summed E-state index contributed by atoms with van der Waals surface area (Å²) < 4.78 is 18.8. The van der Waals surface area contributed by atoms with Crippen LogP contribution in [0.25, 0.3) is 22.8 Å². The number of nitriles is 1. The number of aryl methyl sites for hydroxylation is 1. The van der Waals surface area contributed by atoms with E-state index < -0.39 is 5.82 Å². The molecule has 102 valence electrons. The molecule has 1 aromatic heterocycles. The standard InChI is InChI=1S/C16H10FN3O/c1-10-4-2-5-11(8-10)15-19-16(21-20-15)12-6-3-7-14(17)13(12)9-18/h2-8H,1H3. The Balaban J connectivity index is 2.08. The normalized spacial score (nSPS) is 10.3.